The second-order valence-corrected chi connectivity index (χ2v) is 5.36. The van der Waals surface area contributed by atoms with Crippen LogP contribution >= 0.6 is 11.3 Å². The summed E-state index contributed by atoms with van der Waals surface area (Å²) in [7, 11) is 0. The molecule has 106 valence electrons. The number of carbonyl (C=O) groups excluding carboxylic acids is 1. The Bertz CT molecular complexity index is 582. The summed E-state index contributed by atoms with van der Waals surface area (Å²) in [5, 5.41) is 8.98. The van der Waals surface area contributed by atoms with Crippen LogP contribution < -0.4 is 10.6 Å². The van der Waals surface area contributed by atoms with Crippen LogP contribution in [-0.2, 0) is 6.54 Å². The van der Waals surface area contributed by atoms with Gasteiger partial charge in [-0.1, -0.05) is 6.92 Å². The number of hydrogen-bond donors (Lipinski definition) is 2. The van der Waals surface area contributed by atoms with Crippen molar-refractivity contribution in [2.45, 2.75) is 26.8 Å². The molecule has 1 amide bonds. The molecule has 0 atom stereocenters. The molecule has 2 N–H and O–H groups in total. The normalized spacial score (nSPS) is 10.3. The topological polar surface area (TPSA) is 66.9 Å². The van der Waals surface area contributed by atoms with Gasteiger partial charge in [0.15, 0.2) is 0 Å². The van der Waals surface area contributed by atoms with Crippen LogP contribution in [0, 0.1) is 6.92 Å². The van der Waals surface area contributed by atoms with E-state index in [1.165, 1.54) is 0 Å². The third kappa shape index (κ3) is 3.77. The summed E-state index contributed by atoms with van der Waals surface area (Å²) in [5.41, 5.74) is 2.36. The summed E-state index contributed by atoms with van der Waals surface area (Å²) in [5.74, 6) is -0.135. The Morgan fingerprint density at radius 3 is 3.00 bits per heavy atom. The monoisotopic (exact) mass is 290 g/mol. The number of anilines is 1. The molecule has 0 aromatic carbocycles. The highest BCUT2D eigenvalue weighted by Crippen LogP contribution is 2.14. The molecule has 0 aliphatic heterocycles. The molecule has 0 saturated carbocycles. The fourth-order valence-electron chi connectivity index (χ4n) is 1.72. The molecule has 0 fully saturated rings. The van der Waals surface area contributed by atoms with Crippen molar-refractivity contribution in [3.63, 3.8) is 0 Å². The van der Waals surface area contributed by atoms with Gasteiger partial charge in [-0.05, 0) is 19.4 Å². The minimum atomic E-state index is -0.135. The molecule has 0 radical (unpaired) electrons. The summed E-state index contributed by atoms with van der Waals surface area (Å²) in [6.45, 7) is 5.30. The van der Waals surface area contributed by atoms with E-state index in [2.05, 4.69) is 27.5 Å². The number of aromatic nitrogens is 2. The van der Waals surface area contributed by atoms with Crippen LogP contribution in [0.4, 0.5) is 5.69 Å². The third-order valence-electron chi connectivity index (χ3n) is 2.70. The molecule has 2 heterocycles. The fraction of sp³-hybridized carbons (Fsp3) is 0.357. The number of amides is 1. The zero-order valence-corrected chi connectivity index (χ0v) is 12.5. The van der Waals surface area contributed by atoms with Gasteiger partial charge in [-0.25, -0.2) is 4.98 Å². The van der Waals surface area contributed by atoms with Crippen molar-refractivity contribution in [3.8, 4) is 0 Å². The van der Waals surface area contributed by atoms with E-state index in [1.807, 2.05) is 18.4 Å². The van der Waals surface area contributed by atoms with E-state index in [4.69, 9.17) is 0 Å². The van der Waals surface area contributed by atoms with Gasteiger partial charge in [-0.3, -0.25) is 9.78 Å². The van der Waals surface area contributed by atoms with E-state index >= 15 is 0 Å². The molecule has 2 rings (SSSR count). The molecule has 0 unspecified atom stereocenters. The maximum absolute atomic E-state index is 12.2. The van der Waals surface area contributed by atoms with Gasteiger partial charge in [0.2, 0.25) is 0 Å². The Kier molecular flexibility index (Phi) is 5.06. The predicted molar refractivity (Wildman–Crippen MR) is 81.0 cm³/mol. The molecule has 0 spiro atoms. The maximum Gasteiger partial charge on any atom is 0.255 e. The molecule has 2 aromatic rings. The summed E-state index contributed by atoms with van der Waals surface area (Å²) in [4.78, 5) is 20.5. The highest BCUT2D eigenvalue weighted by Gasteiger charge is 2.11. The Labute approximate surface area is 122 Å². The van der Waals surface area contributed by atoms with Crippen LogP contribution in [0.15, 0.2) is 23.8 Å². The van der Waals surface area contributed by atoms with Gasteiger partial charge in [0.25, 0.3) is 5.91 Å². The van der Waals surface area contributed by atoms with E-state index in [-0.39, 0.29) is 5.91 Å². The first-order valence-electron chi connectivity index (χ1n) is 6.57. The summed E-state index contributed by atoms with van der Waals surface area (Å²) < 4.78 is 0. The van der Waals surface area contributed by atoms with Crippen molar-refractivity contribution >= 4 is 22.9 Å². The van der Waals surface area contributed by atoms with Crippen LogP contribution in [-0.4, -0.2) is 22.4 Å². The Hall–Kier alpha value is -1.95. The second kappa shape index (κ2) is 7.00. The van der Waals surface area contributed by atoms with Crippen molar-refractivity contribution in [3.05, 3.63) is 40.1 Å². The quantitative estimate of drug-likeness (QED) is 0.858. The number of carbonyl (C=O) groups is 1. The zero-order chi connectivity index (χ0) is 14.4. The largest absolute Gasteiger partial charge is 0.384 e. The molecule has 2 aromatic heterocycles. The van der Waals surface area contributed by atoms with E-state index < -0.39 is 0 Å². The van der Waals surface area contributed by atoms with Gasteiger partial charge in [-0.15, -0.1) is 11.3 Å². The summed E-state index contributed by atoms with van der Waals surface area (Å²) in [6, 6.07) is 1.82. The number of pyridine rings is 1. The Morgan fingerprint density at radius 2 is 2.30 bits per heavy atom. The summed E-state index contributed by atoms with van der Waals surface area (Å²) >= 11 is 1.55. The van der Waals surface area contributed by atoms with Crippen LogP contribution in [0.25, 0.3) is 0 Å². The standard InChI is InChI=1S/C14H18N4OS/c1-3-5-16-12-4-6-15-7-11(12)14(19)17-8-13-18-10(2)9-20-13/h4,6-7,9H,3,5,8H2,1-2H3,(H,15,16)(H,17,19). The van der Waals surface area contributed by atoms with Crippen molar-refractivity contribution < 1.29 is 4.79 Å². The molecule has 0 bridgehead atoms. The highest BCUT2D eigenvalue weighted by atomic mass is 32.1. The Balaban J connectivity index is 2.01. The number of aryl methyl sites for hydroxylation is 1. The fourth-order valence-corrected chi connectivity index (χ4v) is 2.44. The molecular weight excluding hydrogens is 272 g/mol. The molecule has 0 saturated heterocycles. The van der Waals surface area contributed by atoms with Crippen molar-refractivity contribution in [1.29, 1.82) is 0 Å². The number of nitrogens with one attached hydrogen (secondary N) is 2. The first kappa shape index (κ1) is 14.5. The molecule has 5 nitrogen and oxygen atoms in total. The molecular formula is C14H18N4OS. The van der Waals surface area contributed by atoms with Crippen LogP contribution in [0.2, 0.25) is 0 Å². The third-order valence-corrected chi connectivity index (χ3v) is 3.66. The van der Waals surface area contributed by atoms with Crippen LogP contribution in [0.1, 0.15) is 34.4 Å². The van der Waals surface area contributed by atoms with E-state index in [0.717, 1.165) is 29.4 Å². The van der Waals surface area contributed by atoms with Crippen LogP contribution in [0.3, 0.4) is 0 Å². The van der Waals surface area contributed by atoms with Gasteiger partial charge < -0.3 is 10.6 Å². The van der Waals surface area contributed by atoms with Crippen molar-refractivity contribution in [1.82, 2.24) is 15.3 Å². The van der Waals surface area contributed by atoms with Gasteiger partial charge >= 0.3 is 0 Å². The van der Waals surface area contributed by atoms with Gasteiger partial charge in [0, 0.05) is 30.0 Å². The van der Waals surface area contributed by atoms with Gasteiger partial charge in [0.1, 0.15) is 5.01 Å². The minimum absolute atomic E-state index is 0.135. The lowest BCUT2D eigenvalue weighted by atomic mass is 10.2. The number of rotatable bonds is 6. The number of nitrogens with zero attached hydrogens (tertiary/aromatic N) is 2. The first-order valence-corrected chi connectivity index (χ1v) is 7.45. The van der Waals surface area contributed by atoms with E-state index in [1.54, 1.807) is 23.7 Å². The minimum Gasteiger partial charge on any atom is -0.384 e. The highest BCUT2D eigenvalue weighted by molar-refractivity contribution is 7.09. The molecule has 0 aliphatic carbocycles. The SMILES string of the molecule is CCCNc1ccncc1C(=O)NCc1nc(C)cs1. The average Bonchev–Trinajstić information content (AvgIpc) is 2.88. The molecule has 6 heteroatoms. The first-order chi connectivity index (χ1) is 9.70. The van der Waals surface area contributed by atoms with E-state index in [9.17, 15) is 4.79 Å². The van der Waals surface area contributed by atoms with Gasteiger partial charge in [-0.2, -0.15) is 0 Å². The second-order valence-electron chi connectivity index (χ2n) is 4.41. The van der Waals surface area contributed by atoms with Crippen molar-refractivity contribution in [2.24, 2.45) is 0 Å². The lowest BCUT2D eigenvalue weighted by molar-refractivity contribution is 0.0951. The van der Waals surface area contributed by atoms with Crippen molar-refractivity contribution in [2.75, 3.05) is 11.9 Å². The summed E-state index contributed by atoms with van der Waals surface area (Å²) in [6.07, 6.45) is 4.27. The lowest BCUT2D eigenvalue weighted by Crippen LogP contribution is -2.24. The van der Waals surface area contributed by atoms with Gasteiger partial charge in [0.05, 0.1) is 17.8 Å². The molecule has 20 heavy (non-hydrogen) atoms. The predicted octanol–water partition coefficient (Wildman–Crippen LogP) is 2.60. The number of thiazole rings is 1. The molecule has 0 aliphatic rings. The number of hydrogen-bond acceptors (Lipinski definition) is 5. The van der Waals surface area contributed by atoms with Crippen LogP contribution in [0.5, 0.6) is 0 Å². The maximum atomic E-state index is 12.2. The average molecular weight is 290 g/mol. The van der Waals surface area contributed by atoms with E-state index in [0.29, 0.717) is 12.1 Å². The zero-order valence-electron chi connectivity index (χ0n) is 11.6. The lowest BCUT2D eigenvalue weighted by Gasteiger charge is -2.10. The smallest absolute Gasteiger partial charge is 0.255 e. The Morgan fingerprint density at radius 1 is 1.45 bits per heavy atom.